The van der Waals surface area contributed by atoms with Crippen molar-refractivity contribution in [2.75, 3.05) is 6.61 Å². The van der Waals surface area contributed by atoms with Gasteiger partial charge in [-0.25, -0.2) is 0 Å². The maximum Gasteiger partial charge on any atom is 0.306 e. The molecule has 0 spiro atoms. The molecule has 0 saturated carbocycles. The van der Waals surface area contributed by atoms with E-state index in [9.17, 15) is 19.8 Å². The van der Waals surface area contributed by atoms with E-state index in [-0.39, 0.29) is 24.9 Å². The number of ether oxygens (including phenoxy) is 1. The molecule has 0 fully saturated rings. The number of amides is 1. The van der Waals surface area contributed by atoms with E-state index in [1.165, 1.54) is 173 Å². The van der Waals surface area contributed by atoms with Gasteiger partial charge in [-0.05, 0) is 25.7 Å². The Labute approximate surface area is 324 Å². The van der Waals surface area contributed by atoms with Gasteiger partial charge in [0.25, 0.3) is 0 Å². The summed E-state index contributed by atoms with van der Waals surface area (Å²) in [6.45, 7) is 6.44. The topological polar surface area (TPSA) is 95.9 Å². The highest BCUT2D eigenvalue weighted by Gasteiger charge is 2.24. The zero-order valence-electron chi connectivity index (χ0n) is 35.2. The molecule has 0 rings (SSSR count). The van der Waals surface area contributed by atoms with Crippen LogP contribution in [-0.4, -0.2) is 46.9 Å². The third-order valence-corrected chi connectivity index (χ3v) is 10.9. The number of hydrogen-bond acceptors (Lipinski definition) is 5. The lowest BCUT2D eigenvalue weighted by Gasteiger charge is -2.24. The van der Waals surface area contributed by atoms with Gasteiger partial charge in [0.05, 0.1) is 25.2 Å². The van der Waals surface area contributed by atoms with E-state index in [1.54, 1.807) is 0 Å². The Balaban J connectivity index is 4.33. The third-order valence-electron chi connectivity index (χ3n) is 10.9. The van der Waals surface area contributed by atoms with E-state index < -0.39 is 18.2 Å². The number of rotatable bonds is 42. The SMILES string of the molecule is CCCCCCCCCCCCCCCCCCCC(=O)OC(CCCCCCCCC)CC(=O)NC(CO)C(O)CCCCCCCCCCC. The van der Waals surface area contributed by atoms with Gasteiger partial charge in [-0.2, -0.15) is 0 Å². The molecule has 0 bridgehead atoms. The standard InChI is InChI=1S/C46H91NO5/c1-4-7-10-13-16-18-19-20-21-22-23-24-25-27-30-33-36-39-46(51)52-42(37-34-31-28-15-12-9-6-3)40-45(50)47-43(41-48)44(49)38-35-32-29-26-17-14-11-8-5-2/h42-44,48-49H,4-41H2,1-3H3,(H,47,50). The Kier molecular flexibility index (Phi) is 40.1. The first kappa shape index (κ1) is 50.9. The van der Waals surface area contributed by atoms with Crippen molar-refractivity contribution in [2.24, 2.45) is 0 Å². The third kappa shape index (κ3) is 35.9. The summed E-state index contributed by atoms with van der Waals surface area (Å²) in [5, 5.41) is 23.5. The molecule has 0 aromatic carbocycles. The number of carbonyl (C=O) groups excluding carboxylic acids is 2. The Morgan fingerprint density at radius 3 is 1.17 bits per heavy atom. The van der Waals surface area contributed by atoms with Crippen molar-refractivity contribution in [3.05, 3.63) is 0 Å². The lowest BCUT2D eigenvalue weighted by Crippen LogP contribution is -2.46. The average molecular weight is 738 g/mol. The van der Waals surface area contributed by atoms with Gasteiger partial charge in [-0.1, -0.05) is 220 Å². The van der Waals surface area contributed by atoms with Crippen LogP contribution in [0.4, 0.5) is 0 Å². The molecule has 0 aliphatic rings. The zero-order chi connectivity index (χ0) is 38.2. The van der Waals surface area contributed by atoms with Gasteiger partial charge in [0.15, 0.2) is 0 Å². The minimum atomic E-state index is -0.776. The fourth-order valence-corrected chi connectivity index (χ4v) is 7.37. The predicted molar refractivity (Wildman–Crippen MR) is 223 cm³/mol. The number of esters is 1. The average Bonchev–Trinajstić information content (AvgIpc) is 3.13. The Bertz CT molecular complexity index is 746. The number of unbranched alkanes of at least 4 members (excludes halogenated alkanes) is 30. The molecule has 3 N–H and O–H groups in total. The predicted octanol–water partition coefficient (Wildman–Crippen LogP) is 13.2. The Hall–Kier alpha value is -1.14. The molecule has 0 aliphatic heterocycles. The highest BCUT2D eigenvalue weighted by atomic mass is 16.5. The number of aliphatic hydroxyl groups excluding tert-OH is 2. The lowest BCUT2D eigenvalue weighted by atomic mass is 10.0. The van der Waals surface area contributed by atoms with Crippen LogP contribution in [0.3, 0.4) is 0 Å². The molecule has 0 aliphatic carbocycles. The van der Waals surface area contributed by atoms with Crippen LogP contribution in [0.5, 0.6) is 0 Å². The molecular formula is C46H91NO5. The van der Waals surface area contributed by atoms with E-state index in [1.807, 2.05) is 0 Å². The summed E-state index contributed by atoms with van der Waals surface area (Å²) >= 11 is 0. The smallest absolute Gasteiger partial charge is 0.306 e. The summed E-state index contributed by atoms with van der Waals surface area (Å²) < 4.78 is 5.88. The molecule has 52 heavy (non-hydrogen) atoms. The Morgan fingerprint density at radius 1 is 0.481 bits per heavy atom. The monoisotopic (exact) mass is 738 g/mol. The summed E-state index contributed by atoms with van der Waals surface area (Å²) in [5.41, 5.74) is 0. The molecule has 6 heteroatoms. The Morgan fingerprint density at radius 2 is 0.808 bits per heavy atom. The van der Waals surface area contributed by atoms with Crippen molar-refractivity contribution >= 4 is 11.9 Å². The van der Waals surface area contributed by atoms with Gasteiger partial charge in [-0.3, -0.25) is 9.59 Å². The van der Waals surface area contributed by atoms with Gasteiger partial charge in [0, 0.05) is 6.42 Å². The molecular weight excluding hydrogens is 647 g/mol. The molecule has 1 amide bonds. The first-order valence-corrected chi connectivity index (χ1v) is 23.3. The normalized spacial score (nSPS) is 13.2. The maximum atomic E-state index is 13.0. The largest absolute Gasteiger partial charge is 0.462 e. The minimum Gasteiger partial charge on any atom is -0.462 e. The van der Waals surface area contributed by atoms with Crippen molar-refractivity contribution < 1.29 is 24.5 Å². The summed E-state index contributed by atoms with van der Waals surface area (Å²) in [4.78, 5) is 25.9. The maximum absolute atomic E-state index is 13.0. The van der Waals surface area contributed by atoms with Crippen LogP contribution in [0.25, 0.3) is 0 Å². The molecule has 310 valence electrons. The summed E-state index contributed by atoms with van der Waals surface area (Å²) in [6, 6.07) is -0.689. The summed E-state index contributed by atoms with van der Waals surface area (Å²) in [7, 11) is 0. The number of aliphatic hydroxyl groups is 2. The van der Waals surface area contributed by atoms with Crippen LogP contribution in [0.1, 0.15) is 258 Å². The van der Waals surface area contributed by atoms with Crippen LogP contribution < -0.4 is 5.32 Å². The fourth-order valence-electron chi connectivity index (χ4n) is 7.37. The number of carbonyl (C=O) groups is 2. The first-order chi connectivity index (χ1) is 25.5. The van der Waals surface area contributed by atoms with E-state index in [4.69, 9.17) is 4.74 Å². The van der Waals surface area contributed by atoms with Crippen LogP contribution in [0.15, 0.2) is 0 Å². The van der Waals surface area contributed by atoms with E-state index >= 15 is 0 Å². The fraction of sp³-hybridized carbons (Fsp3) is 0.957. The first-order valence-electron chi connectivity index (χ1n) is 23.3. The van der Waals surface area contributed by atoms with Crippen molar-refractivity contribution in [2.45, 2.75) is 277 Å². The van der Waals surface area contributed by atoms with Gasteiger partial charge >= 0.3 is 5.97 Å². The van der Waals surface area contributed by atoms with E-state index in [0.29, 0.717) is 19.3 Å². The second-order valence-electron chi connectivity index (χ2n) is 16.2. The van der Waals surface area contributed by atoms with Crippen molar-refractivity contribution in [1.82, 2.24) is 5.32 Å². The van der Waals surface area contributed by atoms with Crippen molar-refractivity contribution in [3.8, 4) is 0 Å². The summed E-state index contributed by atoms with van der Waals surface area (Å²) in [6.07, 6.45) is 41.8. The van der Waals surface area contributed by atoms with Crippen LogP contribution in [-0.2, 0) is 14.3 Å². The van der Waals surface area contributed by atoms with Crippen LogP contribution in [0.2, 0.25) is 0 Å². The molecule has 6 nitrogen and oxygen atoms in total. The van der Waals surface area contributed by atoms with Gasteiger partial charge < -0.3 is 20.3 Å². The van der Waals surface area contributed by atoms with Crippen LogP contribution >= 0.6 is 0 Å². The molecule has 0 saturated heterocycles. The highest BCUT2D eigenvalue weighted by molar-refractivity contribution is 5.77. The van der Waals surface area contributed by atoms with Gasteiger partial charge in [0.1, 0.15) is 6.10 Å². The second kappa shape index (κ2) is 41.0. The molecule has 0 heterocycles. The highest BCUT2D eigenvalue weighted by Crippen LogP contribution is 2.18. The molecule has 3 atom stereocenters. The second-order valence-corrected chi connectivity index (χ2v) is 16.2. The van der Waals surface area contributed by atoms with E-state index in [2.05, 4.69) is 26.1 Å². The molecule has 0 aromatic rings. The van der Waals surface area contributed by atoms with Gasteiger partial charge in [-0.15, -0.1) is 0 Å². The zero-order valence-corrected chi connectivity index (χ0v) is 35.2. The quantitative estimate of drug-likeness (QED) is 0.0428. The van der Waals surface area contributed by atoms with Crippen molar-refractivity contribution in [1.29, 1.82) is 0 Å². The van der Waals surface area contributed by atoms with E-state index in [0.717, 1.165) is 38.5 Å². The summed E-state index contributed by atoms with van der Waals surface area (Å²) in [5.74, 6) is -0.463. The molecule has 3 unspecified atom stereocenters. The number of nitrogens with one attached hydrogen (secondary N) is 1. The van der Waals surface area contributed by atoms with Gasteiger partial charge in [0.2, 0.25) is 5.91 Å². The van der Waals surface area contributed by atoms with Crippen molar-refractivity contribution in [3.63, 3.8) is 0 Å². The van der Waals surface area contributed by atoms with Crippen LogP contribution in [0, 0.1) is 0 Å². The molecule has 0 aromatic heterocycles. The number of hydrogen-bond donors (Lipinski definition) is 3. The lowest BCUT2D eigenvalue weighted by molar-refractivity contribution is -0.151. The minimum absolute atomic E-state index is 0.0852. The molecule has 0 radical (unpaired) electrons.